The number of benzene rings is 2. The fourth-order valence-electron chi connectivity index (χ4n) is 3.06. The number of pyridine rings is 1. The summed E-state index contributed by atoms with van der Waals surface area (Å²) in [5.41, 5.74) is -2.79. The highest BCUT2D eigenvalue weighted by Crippen LogP contribution is 2.55. The summed E-state index contributed by atoms with van der Waals surface area (Å²) in [5.74, 6) is -0.0268. The Morgan fingerprint density at radius 2 is 1.83 bits per heavy atom. The molecule has 0 spiro atoms. The fourth-order valence-corrected chi connectivity index (χ4v) is 3.06. The number of ether oxygens (including phenoxy) is 1. The van der Waals surface area contributed by atoms with E-state index in [1.807, 2.05) is 0 Å². The average Bonchev–Trinajstić information content (AvgIpc) is 2.54. The van der Waals surface area contributed by atoms with Crippen LogP contribution in [0.5, 0.6) is 11.5 Å². The van der Waals surface area contributed by atoms with E-state index in [0.29, 0.717) is 16.5 Å². The standard InChI is InChI=1S/C18H12F3NO2/c1-10-6-7-15-12(8-10)17(23,18(19,20)21)13-9-22-14-5-3-2-4-11(14)16(13)24-15/h2-9,23H,1H3. The smallest absolute Gasteiger partial charge is 0.426 e. The third-order valence-corrected chi connectivity index (χ3v) is 4.26. The molecule has 0 fully saturated rings. The molecule has 3 aromatic rings. The molecule has 24 heavy (non-hydrogen) atoms. The predicted molar refractivity (Wildman–Crippen MR) is 82.0 cm³/mol. The zero-order valence-corrected chi connectivity index (χ0v) is 12.6. The summed E-state index contributed by atoms with van der Waals surface area (Å²) < 4.78 is 47.4. The molecule has 1 aliphatic heterocycles. The highest BCUT2D eigenvalue weighted by molar-refractivity contribution is 5.88. The molecule has 0 amide bonds. The molecule has 2 aromatic carbocycles. The van der Waals surface area contributed by atoms with Gasteiger partial charge < -0.3 is 9.84 Å². The van der Waals surface area contributed by atoms with Crippen LogP contribution >= 0.6 is 0 Å². The first-order chi connectivity index (χ1) is 11.3. The van der Waals surface area contributed by atoms with Crippen molar-refractivity contribution in [3.05, 3.63) is 65.4 Å². The summed E-state index contributed by atoms with van der Waals surface area (Å²) >= 11 is 0. The summed E-state index contributed by atoms with van der Waals surface area (Å²) in [4.78, 5) is 4.06. The van der Waals surface area contributed by atoms with Crippen molar-refractivity contribution in [2.45, 2.75) is 18.7 Å². The zero-order valence-electron chi connectivity index (χ0n) is 12.6. The van der Waals surface area contributed by atoms with E-state index in [9.17, 15) is 18.3 Å². The van der Waals surface area contributed by atoms with Crippen LogP contribution in [0.25, 0.3) is 10.9 Å². The summed E-state index contributed by atoms with van der Waals surface area (Å²) in [5, 5.41) is 11.2. The van der Waals surface area contributed by atoms with Crippen LogP contribution in [0, 0.1) is 6.92 Å². The maximum absolute atomic E-state index is 13.9. The molecule has 1 aromatic heterocycles. The lowest BCUT2D eigenvalue weighted by atomic mass is 9.82. The molecule has 0 aliphatic carbocycles. The van der Waals surface area contributed by atoms with Gasteiger partial charge in [-0.05, 0) is 31.2 Å². The Labute approximate surface area is 135 Å². The van der Waals surface area contributed by atoms with Crippen LogP contribution in [0.2, 0.25) is 0 Å². The van der Waals surface area contributed by atoms with Gasteiger partial charge in [-0.15, -0.1) is 0 Å². The van der Waals surface area contributed by atoms with Gasteiger partial charge in [0.15, 0.2) is 0 Å². The van der Waals surface area contributed by atoms with Crippen LogP contribution < -0.4 is 4.74 Å². The first-order valence-corrected chi connectivity index (χ1v) is 7.28. The summed E-state index contributed by atoms with van der Waals surface area (Å²) in [6.07, 6.45) is -3.88. The van der Waals surface area contributed by atoms with Gasteiger partial charge in [-0.2, -0.15) is 13.2 Å². The second-order valence-corrected chi connectivity index (χ2v) is 5.83. The van der Waals surface area contributed by atoms with Gasteiger partial charge >= 0.3 is 6.18 Å². The minimum Gasteiger partial charge on any atom is -0.456 e. The van der Waals surface area contributed by atoms with Crippen LogP contribution in [-0.4, -0.2) is 16.3 Å². The predicted octanol–water partition coefficient (Wildman–Crippen LogP) is 4.45. The topological polar surface area (TPSA) is 42.4 Å². The second-order valence-electron chi connectivity index (χ2n) is 5.83. The number of aryl methyl sites for hydroxylation is 1. The Morgan fingerprint density at radius 1 is 1.08 bits per heavy atom. The second kappa shape index (κ2) is 4.70. The molecule has 0 bridgehead atoms. The van der Waals surface area contributed by atoms with Crippen molar-refractivity contribution in [3.63, 3.8) is 0 Å². The van der Waals surface area contributed by atoms with Crippen molar-refractivity contribution in [1.29, 1.82) is 0 Å². The van der Waals surface area contributed by atoms with Gasteiger partial charge in [0.1, 0.15) is 11.5 Å². The molecule has 0 saturated heterocycles. The molecule has 1 unspecified atom stereocenters. The maximum atomic E-state index is 13.9. The van der Waals surface area contributed by atoms with Gasteiger partial charge in [0.05, 0.1) is 11.1 Å². The molecule has 0 radical (unpaired) electrons. The van der Waals surface area contributed by atoms with Crippen LogP contribution in [-0.2, 0) is 5.60 Å². The van der Waals surface area contributed by atoms with Crippen LogP contribution in [0.1, 0.15) is 16.7 Å². The molecular weight excluding hydrogens is 319 g/mol. The minimum atomic E-state index is -4.92. The van der Waals surface area contributed by atoms with Gasteiger partial charge in [0, 0.05) is 17.1 Å². The van der Waals surface area contributed by atoms with Crippen LogP contribution in [0.15, 0.2) is 48.7 Å². The third-order valence-electron chi connectivity index (χ3n) is 4.26. The quantitative estimate of drug-likeness (QED) is 0.662. The Morgan fingerprint density at radius 3 is 2.58 bits per heavy atom. The van der Waals surface area contributed by atoms with E-state index < -0.39 is 17.3 Å². The van der Waals surface area contributed by atoms with E-state index >= 15 is 0 Å². The molecule has 2 heterocycles. The summed E-state index contributed by atoms with van der Waals surface area (Å²) in [6.45, 7) is 1.66. The molecular formula is C18H12F3NO2. The number of aliphatic hydroxyl groups is 1. The highest BCUT2D eigenvalue weighted by atomic mass is 19.4. The lowest BCUT2D eigenvalue weighted by molar-refractivity contribution is -0.250. The van der Waals surface area contributed by atoms with Gasteiger partial charge in [0.25, 0.3) is 0 Å². The van der Waals surface area contributed by atoms with Gasteiger partial charge in [-0.3, -0.25) is 4.98 Å². The number of nitrogens with zero attached hydrogens (tertiary/aromatic N) is 1. The first-order valence-electron chi connectivity index (χ1n) is 7.28. The molecule has 1 atom stereocenters. The first kappa shape index (κ1) is 15.0. The fraction of sp³-hybridized carbons (Fsp3) is 0.167. The molecule has 1 aliphatic rings. The molecule has 6 heteroatoms. The molecule has 1 N–H and O–H groups in total. The highest BCUT2D eigenvalue weighted by Gasteiger charge is 2.60. The lowest BCUT2D eigenvalue weighted by Crippen LogP contribution is -2.45. The van der Waals surface area contributed by atoms with Crippen molar-refractivity contribution in [2.24, 2.45) is 0 Å². The summed E-state index contributed by atoms with van der Waals surface area (Å²) in [7, 11) is 0. The third kappa shape index (κ3) is 1.86. The van der Waals surface area contributed by atoms with E-state index in [1.54, 1.807) is 37.3 Å². The number of hydrogen-bond acceptors (Lipinski definition) is 3. The SMILES string of the molecule is Cc1ccc2c(c1)C(O)(C(F)(F)F)c1cnc3ccccc3c1O2. The van der Waals surface area contributed by atoms with Crippen molar-refractivity contribution in [3.8, 4) is 11.5 Å². The van der Waals surface area contributed by atoms with E-state index in [4.69, 9.17) is 4.74 Å². The average molecular weight is 331 g/mol. The van der Waals surface area contributed by atoms with Crippen molar-refractivity contribution in [1.82, 2.24) is 4.98 Å². The van der Waals surface area contributed by atoms with Crippen LogP contribution in [0.3, 0.4) is 0 Å². The number of aromatic nitrogens is 1. The Kier molecular flexibility index (Phi) is 2.93. The number of rotatable bonds is 0. The molecule has 0 saturated carbocycles. The van der Waals surface area contributed by atoms with E-state index in [2.05, 4.69) is 4.98 Å². The van der Waals surface area contributed by atoms with Gasteiger partial charge in [-0.1, -0.05) is 23.8 Å². The number of halogens is 3. The zero-order chi connectivity index (χ0) is 17.1. The Balaban J connectivity index is 2.12. The number of alkyl halides is 3. The van der Waals surface area contributed by atoms with Crippen LogP contribution in [0.4, 0.5) is 13.2 Å². The number of hydrogen-bond donors (Lipinski definition) is 1. The maximum Gasteiger partial charge on any atom is 0.426 e. The Hall–Kier alpha value is -2.60. The molecule has 122 valence electrons. The molecule has 4 rings (SSSR count). The van der Waals surface area contributed by atoms with Gasteiger partial charge in [0.2, 0.25) is 5.60 Å². The normalized spacial score (nSPS) is 19.5. The Bertz CT molecular complexity index is 968. The van der Waals surface area contributed by atoms with E-state index in [0.717, 1.165) is 6.20 Å². The molecule has 3 nitrogen and oxygen atoms in total. The lowest BCUT2D eigenvalue weighted by Gasteiger charge is -2.37. The largest absolute Gasteiger partial charge is 0.456 e. The van der Waals surface area contributed by atoms with E-state index in [-0.39, 0.29) is 17.1 Å². The van der Waals surface area contributed by atoms with Crippen molar-refractivity contribution < 1.29 is 23.0 Å². The van der Waals surface area contributed by atoms with E-state index in [1.165, 1.54) is 12.1 Å². The van der Waals surface area contributed by atoms with Crippen molar-refractivity contribution in [2.75, 3.05) is 0 Å². The van der Waals surface area contributed by atoms with Gasteiger partial charge in [-0.25, -0.2) is 0 Å². The minimum absolute atomic E-state index is 0.00993. The van der Waals surface area contributed by atoms with Crippen molar-refractivity contribution >= 4 is 10.9 Å². The summed E-state index contributed by atoms with van der Waals surface area (Å²) in [6, 6.07) is 11.1. The number of para-hydroxylation sites is 1. The monoisotopic (exact) mass is 331 g/mol. The number of fused-ring (bicyclic) bond motifs is 4.